The Morgan fingerprint density at radius 2 is 1.71 bits per heavy atom. The first-order valence-corrected chi connectivity index (χ1v) is 8.03. The lowest BCUT2D eigenvalue weighted by Gasteiger charge is -2.17. The second-order valence-corrected chi connectivity index (χ2v) is 7.28. The van der Waals surface area contributed by atoms with Gasteiger partial charge < -0.3 is 9.73 Å². The third-order valence-electron chi connectivity index (χ3n) is 3.80. The van der Waals surface area contributed by atoms with Crippen LogP contribution in [0, 0.1) is 19.3 Å². The van der Waals surface area contributed by atoms with Crippen LogP contribution >= 0.6 is 0 Å². The maximum absolute atomic E-state index is 12.1. The molecule has 0 radical (unpaired) electrons. The molecule has 0 saturated carbocycles. The Balaban J connectivity index is 1.96. The molecule has 0 aliphatic heterocycles. The number of oxazole rings is 1. The van der Waals surface area contributed by atoms with Gasteiger partial charge in [-0.3, -0.25) is 4.79 Å². The minimum absolute atomic E-state index is 0.0279. The molecule has 0 fully saturated rings. The number of nitrogens with one attached hydrogen (secondary N) is 1. The van der Waals surface area contributed by atoms with Gasteiger partial charge in [0.15, 0.2) is 5.58 Å². The Labute approximate surface area is 141 Å². The van der Waals surface area contributed by atoms with E-state index in [9.17, 15) is 4.79 Å². The number of hydrogen-bond acceptors (Lipinski definition) is 3. The van der Waals surface area contributed by atoms with Gasteiger partial charge in [-0.2, -0.15) is 0 Å². The van der Waals surface area contributed by atoms with Gasteiger partial charge in [-0.15, -0.1) is 0 Å². The minimum atomic E-state index is -0.441. The lowest BCUT2D eigenvalue weighted by molar-refractivity contribution is -0.123. The zero-order valence-electron chi connectivity index (χ0n) is 14.7. The molecule has 0 aliphatic carbocycles. The van der Waals surface area contributed by atoms with Crippen molar-refractivity contribution >= 4 is 22.7 Å². The third-order valence-corrected chi connectivity index (χ3v) is 3.80. The largest absolute Gasteiger partial charge is 0.436 e. The van der Waals surface area contributed by atoms with E-state index in [2.05, 4.69) is 42.3 Å². The highest BCUT2D eigenvalue weighted by atomic mass is 16.3. The number of amides is 1. The molecule has 4 heteroatoms. The minimum Gasteiger partial charge on any atom is -0.436 e. The number of carbonyl (C=O) groups is 1. The zero-order chi connectivity index (χ0) is 17.5. The number of fused-ring (bicyclic) bond motifs is 1. The van der Waals surface area contributed by atoms with Crippen LogP contribution in [0.5, 0.6) is 0 Å². The lowest BCUT2D eigenvalue weighted by Crippen LogP contribution is -2.27. The van der Waals surface area contributed by atoms with Crippen LogP contribution in [0.15, 0.2) is 40.8 Å². The Hall–Kier alpha value is -2.62. The zero-order valence-corrected chi connectivity index (χ0v) is 14.7. The molecule has 24 heavy (non-hydrogen) atoms. The van der Waals surface area contributed by atoms with E-state index in [1.807, 2.05) is 39.0 Å². The second-order valence-electron chi connectivity index (χ2n) is 7.28. The van der Waals surface area contributed by atoms with Crippen molar-refractivity contribution in [1.29, 1.82) is 0 Å². The van der Waals surface area contributed by atoms with E-state index >= 15 is 0 Å². The summed E-state index contributed by atoms with van der Waals surface area (Å²) in [5, 5.41) is 2.92. The molecule has 3 rings (SSSR count). The van der Waals surface area contributed by atoms with E-state index in [1.54, 1.807) is 0 Å². The van der Waals surface area contributed by atoms with Crippen molar-refractivity contribution < 1.29 is 9.21 Å². The fraction of sp³-hybridized carbons (Fsp3) is 0.300. The first kappa shape index (κ1) is 16.2. The van der Waals surface area contributed by atoms with Gasteiger partial charge in [-0.25, -0.2) is 4.98 Å². The molecule has 1 N–H and O–H groups in total. The SMILES string of the molecule is Cc1cc(C)cc(-c2nc3cc(NC(=O)C(C)(C)C)ccc3o2)c1. The standard InChI is InChI=1S/C20H22N2O2/c1-12-8-13(2)10-14(9-12)18-22-16-11-15(6-7-17(16)24-18)21-19(23)20(3,4)5/h6-11H,1-5H3,(H,21,23). The van der Waals surface area contributed by atoms with Crippen LogP contribution in [0.25, 0.3) is 22.6 Å². The predicted octanol–water partition coefficient (Wildman–Crippen LogP) is 5.10. The molecule has 0 spiro atoms. The number of nitrogens with zero attached hydrogens (tertiary/aromatic N) is 1. The van der Waals surface area contributed by atoms with E-state index in [0.717, 1.165) is 16.8 Å². The Kier molecular flexibility index (Phi) is 3.91. The van der Waals surface area contributed by atoms with Crippen molar-refractivity contribution in [2.24, 2.45) is 5.41 Å². The third kappa shape index (κ3) is 3.32. The van der Waals surface area contributed by atoms with Crippen molar-refractivity contribution in [2.45, 2.75) is 34.6 Å². The number of carbonyl (C=O) groups excluding carboxylic acids is 1. The molecule has 4 nitrogen and oxygen atoms in total. The van der Waals surface area contributed by atoms with Crippen molar-refractivity contribution in [3.05, 3.63) is 47.5 Å². The summed E-state index contributed by atoms with van der Waals surface area (Å²) in [5.74, 6) is 0.566. The molecule has 3 aromatic rings. The summed E-state index contributed by atoms with van der Waals surface area (Å²) >= 11 is 0. The highest BCUT2D eigenvalue weighted by molar-refractivity contribution is 5.96. The van der Waals surface area contributed by atoms with Crippen molar-refractivity contribution in [2.75, 3.05) is 5.32 Å². The van der Waals surface area contributed by atoms with E-state index in [0.29, 0.717) is 11.5 Å². The van der Waals surface area contributed by atoms with E-state index in [-0.39, 0.29) is 5.91 Å². The highest BCUT2D eigenvalue weighted by Crippen LogP contribution is 2.28. The molecular weight excluding hydrogens is 300 g/mol. The molecule has 0 atom stereocenters. The first-order valence-electron chi connectivity index (χ1n) is 8.03. The monoisotopic (exact) mass is 322 g/mol. The van der Waals surface area contributed by atoms with Gasteiger partial charge >= 0.3 is 0 Å². The fourth-order valence-electron chi connectivity index (χ4n) is 2.55. The number of hydrogen-bond donors (Lipinski definition) is 1. The van der Waals surface area contributed by atoms with Gasteiger partial charge in [0.05, 0.1) is 0 Å². The number of anilines is 1. The average molecular weight is 322 g/mol. The normalized spacial score (nSPS) is 11.7. The molecule has 0 bridgehead atoms. The predicted molar refractivity (Wildman–Crippen MR) is 97.0 cm³/mol. The summed E-state index contributed by atoms with van der Waals surface area (Å²) in [4.78, 5) is 16.7. The number of aryl methyl sites for hydroxylation is 2. The van der Waals surface area contributed by atoms with Gasteiger partial charge in [0.25, 0.3) is 0 Å². The van der Waals surface area contributed by atoms with Crippen molar-refractivity contribution in [3.63, 3.8) is 0 Å². The fourth-order valence-corrected chi connectivity index (χ4v) is 2.55. The molecule has 0 saturated heterocycles. The molecular formula is C20H22N2O2. The van der Waals surface area contributed by atoms with Gasteiger partial charge in [0.2, 0.25) is 11.8 Å². The van der Waals surface area contributed by atoms with Gasteiger partial charge in [0, 0.05) is 16.7 Å². The molecule has 0 aliphatic rings. The first-order chi connectivity index (χ1) is 11.2. The van der Waals surface area contributed by atoms with Crippen LogP contribution in [0.3, 0.4) is 0 Å². The topological polar surface area (TPSA) is 55.1 Å². The number of benzene rings is 2. The Bertz CT molecular complexity index is 897. The van der Waals surface area contributed by atoms with Gasteiger partial charge in [0.1, 0.15) is 5.52 Å². The summed E-state index contributed by atoms with van der Waals surface area (Å²) in [5.41, 5.74) is 5.03. The number of aromatic nitrogens is 1. The molecule has 2 aromatic carbocycles. The highest BCUT2D eigenvalue weighted by Gasteiger charge is 2.21. The summed E-state index contributed by atoms with van der Waals surface area (Å²) in [6.45, 7) is 9.76. The van der Waals surface area contributed by atoms with Gasteiger partial charge in [-0.1, -0.05) is 38.0 Å². The van der Waals surface area contributed by atoms with Crippen LogP contribution in [-0.4, -0.2) is 10.9 Å². The van der Waals surface area contributed by atoms with Crippen LogP contribution in [0.4, 0.5) is 5.69 Å². The molecule has 0 unspecified atom stereocenters. The Morgan fingerprint density at radius 3 is 2.33 bits per heavy atom. The van der Waals surface area contributed by atoms with E-state index in [1.165, 1.54) is 11.1 Å². The van der Waals surface area contributed by atoms with Crippen molar-refractivity contribution in [1.82, 2.24) is 4.98 Å². The van der Waals surface area contributed by atoms with Crippen LogP contribution in [-0.2, 0) is 4.79 Å². The van der Waals surface area contributed by atoms with Crippen molar-refractivity contribution in [3.8, 4) is 11.5 Å². The molecule has 1 aromatic heterocycles. The summed E-state index contributed by atoms with van der Waals surface area (Å²) in [6.07, 6.45) is 0. The summed E-state index contributed by atoms with van der Waals surface area (Å²) in [7, 11) is 0. The summed E-state index contributed by atoms with van der Waals surface area (Å²) in [6, 6.07) is 11.7. The van der Waals surface area contributed by atoms with Gasteiger partial charge in [-0.05, 0) is 44.2 Å². The summed E-state index contributed by atoms with van der Waals surface area (Å²) < 4.78 is 5.87. The maximum Gasteiger partial charge on any atom is 0.229 e. The lowest BCUT2D eigenvalue weighted by atomic mass is 9.95. The molecule has 124 valence electrons. The molecule has 1 amide bonds. The van der Waals surface area contributed by atoms with E-state index in [4.69, 9.17) is 4.42 Å². The average Bonchev–Trinajstić information content (AvgIpc) is 2.88. The molecule has 1 heterocycles. The number of rotatable bonds is 2. The second kappa shape index (κ2) is 5.78. The van der Waals surface area contributed by atoms with Crippen LogP contribution < -0.4 is 5.32 Å². The van der Waals surface area contributed by atoms with Crippen LogP contribution in [0.2, 0.25) is 0 Å². The maximum atomic E-state index is 12.1. The van der Waals surface area contributed by atoms with E-state index < -0.39 is 5.41 Å². The Morgan fingerprint density at radius 1 is 1.04 bits per heavy atom. The van der Waals surface area contributed by atoms with Crippen LogP contribution in [0.1, 0.15) is 31.9 Å². The quantitative estimate of drug-likeness (QED) is 0.714. The smallest absolute Gasteiger partial charge is 0.229 e.